The van der Waals surface area contributed by atoms with Gasteiger partial charge < -0.3 is 4.74 Å². The molecule has 0 saturated heterocycles. The monoisotopic (exact) mass is 466 g/mol. The molecule has 0 amide bonds. The highest BCUT2D eigenvalue weighted by Gasteiger charge is 2.80. The first-order valence-corrected chi connectivity index (χ1v) is 6.75. The number of rotatable bonds is 8. The maximum Gasteiger partial charge on any atom is 0.411 e. The quantitative estimate of drug-likeness (QED) is 0.299. The second-order valence-electron chi connectivity index (χ2n) is 5.45. The highest BCUT2D eigenvalue weighted by Crippen LogP contribution is 2.51. The lowest BCUT2D eigenvalue weighted by atomic mass is 10.0. The Labute approximate surface area is 151 Å². The lowest BCUT2D eigenvalue weighted by Gasteiger charge is -2.33. The van der Waals surface area contributed by atoms with E-state index in [1.165, 1.54) is 0 Å². The normalized spacial score (nSPS) is 17.0. The Morgan fingerprint density at radius 2 is 0.793 bits per heavy atom. The maximum atomic E-state index is 13.2. The van der Waals surface area contributed by atoms with Crippen LogP contribution in [0.5, 0.6) is 0 Å². The molecule has 29 heavy (non-hydrogen) atoms. The van der Waals surface area contributed by atoms with E-state index in [1.54, 1.807) is 0 Å². The number of carbonyl (C=O) groups excluding carboxylic acids is 2. The smallest absolute Gasteiger partial charge is 0.384 e. The fraction of sp³-hybridized carbons (Fsp3) is 0.833. The molecule has 0 N–H and O–H groups in total. The number of carbonyl (C=O) groups is 2. The second-order valence-corrected chi connectivity index (χ2v) is 5.45. The van der Waals surface area contributed by atoms with Crippen molar-refractivity contribution in [3.8, 4) is 0 Å². The van der Waals surface area contributed by atoms with Gasteiger partial charge in [-0.25, -0.2) is 18.4 Å². The summed E-state index contributed by atoms with van der Waals surface area (Å²) < 4.78 is 184. The Morgan fingerprint density at radius 1 is 0.586 bits per heavy atom. The van der Waals surface area contributed by atoms with Gasteiger partial charge >= 0.3 is 47.5 Å². The zero-order chi connectivity index (χ0) is 24.0. The van der Waals surface area contributed by atoms with E-state index in [2.05, 4.69) is 4.74 Å². The molecule has 0 aliphatic rings. The number of hydrogen-bond acceptors (Lipinski definition) is 3. The van der Waals surface area contributed by atoms with Crippen LogP contribution in [-0.2, 0) is 14.3 Å². The summed E-state index contributed by atoms with van der Waals surface area (Å²) in [4.78, 5) is 21.6. The summed E-state index contributed by atoms with van der Waals surface area (Å²) in [5.74, 6) is -49.5. The summed E-state index contributed by atoms with van der Waals surface area (Å²) in [6.45, 7) is -0.787. The van der Waals surface area contributed by atoms with Gasteiger partial charge in [0.05, 0.1) is 0 Å². The molecule has 0 saturated carbocycles. The van der Waals surface area contributed by atoms with Gasteiger partial charge in [0, 0.05) is 0 Å². The van der Waals surface area contributed by atoms with Crippen LogP contribution in [0.25, 0.3) is 0 Å². The minimum absolute atomic E-state index is 0.393. The van der Waals surface area contributed by atoms with E-state index in [4.69, 9.17) is 0 Å². The second kappa shape index (κ2) is 7.45. The summed E-state index contributed by atoms with van der Waals surface area (Å²) in [7, 11) is 0. The van der Waals surface area contributed by atoms with Gasteiger partial charge in [-0.2, -0.15) is 52.7 Å². The number of hydrogen-bond donors (Lipinski definition) is 0. The number of ether oxygens (including phenoxy) is 1. The van der Waals surface area contributed by atoms with Gasteiger partial charge in [0.25, 0.3) is 0 Å². The summed E-state index contributed by atoms with van der Waals surface area (Å²) in [5, 5.41) is 0. The molecule has 0 radical (unpaired) electrons. The summed E-state index contributed by atoms with van der Waals surface area (Å²) in [6.07, 6.45) is -8.19. The highest BCUT2D eigenvalue weighted by molar-refractivity contribution is 5.93. The minimum Gasteiger partial charge on any atom is -0.384 e. The van der Waals surface area contributed by atoms with E-state index in [9.17, 15) is 71.1 Å². The van der Waals surface area contributed by atoms with Crippen LogP contribution in [0.2, 0.25) is 0 Å². The van der Waals surface area contributed by atoms with E-state index in [0.717, 1.165) is 0 Å². The molecule has 0 rings (SSSR count). The van der Waals surface area contributed by atoms with Gasteiger partial charge in [-0.3, -0.25) is 0 Å². The zero-order valence-corrected chi connectivity index (χ0v) is 13.7. The van der Waals surface area contributed by atoms with Crippen molar-refractivity contribution >= 4 is 11.9 Å². The largest absolute Gasteiger partial charge is 0.411 e. The summed E-state index contributed by atoms with van der Waals surface area (Å²) in [5.41, 5.74) is 0. The molecule has 3 nitrogen and oxygen atoms in total. The first-order valence-electron chi connectivity index (χ1n) is 6.75. The molecular formula is C12H8F14O3. The van der Waals surface area contributed by atoms with Crippen LogP contribution in [0, 0.1) is 0 Å². The molecule has 0 aromatic rings. The van der Waals surface area contributed by atoms with E-state index >= 15 is 0 Å². The number of esters is 2. The predicted molar refractivity (Wildman–Crippen MR) is 61.9 cm³/mol. The van der Waals surface area contributed by atoms with Crippen LogP contribution in [0.4, 0.5) is 61.5 Å². The first-order chi connectivity index (χ1) is 12.4. The zero-order valence-electron chi connectivity index (χ0n) is 13.7. The summed E-state index contributed by atoms with van der Waals surface area (Å²) >= 11 is 0. The minimum atomic E-state index is -7.05. The Balaban J connectivity index is 5.94. The van der Waals surface area contributed by atoms with Crippen LogP contribution in [0.1, 0.15) is 13.8 Å². The van der Waals surface area contributed by atoms with Crippen molar-refractivity contribution in [3.63, 3.8) is 0 Å². The van der Waals surface area contributed by atoms with E-state index in [-0.39, 0.29) is 0 Å². The van der Waals surface area contributed by atoms with Crippen LogP contribution in [0.15, 0.2) is 0 Å². The standard InChI is InChI=1S/C12H8F14O3/c1-3(13)7(15,16)11(23,24)9(19,20)5(27)29-6(28)10(21,22)12(25,26)8(17,18)4(2)14/h3-4H,1-2H3. The van der Waals surface area contributed by atoms with Gasteiger partial charge in [0.1, 0.15) is 0 Å². The third-order valence-corrected chi connectivity index (χ3v) is 3.32. The molecule has 0 aliphatic carbocycles. The fourth-order valence-corrected chi connectivity index (χ4v) is 1.39. The molecular weight excluding hydrogens is 458 g/mol. The molecule has 0 fully saturated rings. The maximum absolute atomic E-state index is 13.2. The van der Waals surface area contributed by atoms with Gasteiger partial charge in [0.2, 0.25) is 0 Å². The van der Waals surface area contributed by atoms with Gasteiger partial charge in [-0.15, -0.1) is 0 Å². The Hall–Kier alpha value is -1.84. The van der Waals surface area contributed by atoms with Crippen molar-refractivity contribution in [1.29, 1.82) is 0 Å². The first kappa shape index (κ1) is 27.2. The van der Waals surface area contributed by atoms with E-state index < -0.39 is 73.7 Å². The highest BCUT2D eigenvalue weighted by atomic mass is 19.4. The molecule has 0 aliphatic heterocycles. The van der Waals surface area contributed by atoms with E-state index in [1.807, 2.05) is 0 Å². The summed E-state index contributed by atoms with van der Waals surface area (Å²) in [6, 6.07) is 0. The van der Waals surface area contributed by atoms with E-state index in [0.29, 0.717) is 0 Å². The van der Waals surface area contributed by atoms with Crippen molar-refractivity contribution < 1.29 is 75.8 Å². The van der Waals surface area contributed by atoms with Gasteiger partial charge in [-0.1, -0.05) is 0 Å². The van der Waals surface area contributed by atoms with Crippen LogP contribution in [-0.4, -0.2) is 59.8 Å². The van der Waals surface area contributed by atoms with Crippen molar-refractivity contribution in [3.05, 3.63) is 0 Å². The predicted octanol–water partition coefficient (Wildman–Crippen LogP) is 4.58. The topological polar surface area (TPSA) is 43.4 Å². The molecule has 0 bridgehead atoms. The molecule has 0 aromatic heterocycles. The van der Waals surface area contributed by atoms with Crippen molar-refractivity contribution in [1.82, 2.24) is 0 Å². The van der Waals surface area contributed by atoms with Crippen LogP contribution < -0.4 is 0 Å². The molecule has 0 aromatic carbocycles. The third kappa shape index (κ3) is 3.95. The molecule has 172 valence electrons. The molecule has 0 heterocycles. The van der Waals surface area contributed by atoms with Crippen LogP contribution >= 0.6 is 0 Å². The number of alkyl halides is 14. The molecule has 17 heteroatoms. The lowest BCUT2D eigenvalue weighted by molar-refractivity contribution is -0.325. The molecule has 2 atom stereocenters. The average Bonchev–Trinajstić information content (AvgIpc) is 2.53. The molecule has 2 unspecified atom stereocenters. The Morgan fingerprint density at radius 3 is 0.966 bits per heavy atom. The number of halogens is 14. The molecule has 0 spiro atoms. The average molecular weight is 466 g/mol. The third-order valence-electron chi connectivity index (χ3n) is 3.32. The van der Waals surface area contributed by atoms with Crippen molar-refractivity contribution in [2.24, 2.45) is 0 Å². The Bertz CT molecular complexity index is 586. The SMILES string of the molecule is CC(F)C(F)(F)C(F)(F)C(F)(F)C(=O)OC(=O)C(F)(F)C(F)(F)C(F)(F)C(C)F. The van der Waals surface area contributed by atoms with Gasteiger partial charge in [-0.05, 0) is 13.8 Å². The lowest BCUT2D eigenvalue weighted by Crippen LogP contribution is -2.64. The Kier molecular flexibility index (Phi) is 6.97. The van der Waals surface area contributed by atoms with Gasteiger partial charge in [0.15, 0.2) is 12.3 Å². The fourth-order valence-electron chi connectivity index (χ4n) is 1.39. The van der Waals surface area contributed by atoms with Crippen molar-refractivity contribution in [2.75, 3.05) is 0 Å². The van der Waals surface area contributed by atoms with Crippen molar-refractivity contribution in [2.45, 2.75) is 61.7 Å². The van der Waals surface area contributed by atoms with Crippen LogP contribution in [0.3, 0.4) is 0 Å².